The molecule has 0 radical (unpaired) electrons. The SMILES string of the molecule is O=C1CN(CC(=O)N2CCN(C(=O)c3ccco3)CC2)c2ccccc2O1. The minimum Gasteiger partial charge on any atom is -0.459 e. The van der Waals surface area contributed by atoms with Crippen molar-refractivity contribution in [2.24, 2.45) is 0 Å². The first-order chi connectivity index (χ1) is 13.1. The monoisotopic (exact) mass is 369 g/mol. The van der Waals surface area contributed by atoms with Crippen LogP contribution < -0.4 is 9.64 Å². The molecule has 8 heteroatoms. The van der Waals surface area contributed by atoms with E-state index < -0.39 is 0 Å². The summed E-state index contributed by atoms with van der Waals surface area (Å²) < 4.78 is 10.4. The zero-order valence-corrected chi connectivity index (χ0v) is 14.7. The number of hydrogen-bond acceptors (Lipinski definition) is 6. The van der Waals surface area contributed by atoms with Crippen molar-refractivity contribution in [3.63, 3.8) is 0 Å². The van der Waals surface area contributed by atoms with Crippen molar-refractivity contribution >= 4 is 23.5 Å². The normalized spacial score (nSPS) is 16.7. The number of ether oxygens (including phenoxy) is 1. The van der Waals surface area contributed by atoms with E-state index in [0.29, 0.717) is 37.7 Å². The molecule has 3 heterocycles. The fourth-order valence-electron chi connectivity index (χ4n) is 3.32. The third kappa shape index (κ3) is 3.51. The number of nitrogens with zero attached hydrogens (tertiary/aromatic N) is 3. The smallest absolute Gasteiger partial charge is 0.331 e. The average molecular weight is 369 g/mol. The van der Waals surface area contributed by atoms with Gasteiger partial charge in [0.25, 0.3) is 5.91 Å². The highest BCUT2D eigenvalue weighted by Crippen LogP contribution is 2.31. The summed E-state index contributed by atoms with van der Waals surface area (Å²) in [6, 6.07) is 10.5. The quantitative estimate of drug-likeness (QED) is 0.593. The first-order valence-electron chi connectivity index (χ1n) is 8.77. The Morgan fingerprint density at radius 1 is 0.963 bits per heavy atom. The van der Waals surface area contributed by atoms with E-state index in [0.717, 1.165) is 5.69 Å². The molecule has 2 aliphatic heterocycles. The molecule has 0 spiro atoms. The molecule has 0 aliphatic carbocycles. The summed E-state index contributed by atoms with van der Waals surface area (Å²) in [4.78, 5) is 41.9. The number of amides is 2. The fourth-order valence-corrected chi connectivity index (χ4v) is 3.32. The number of rotatable bonds is 3. The van der Waals surface area contributed by atoms with Crippen LogP contribution in [0.3, 0.4) is 0 Å². The number of esters is 1. The van der Waals surface area contributed by atoms with Crippen LogP contribution in [0.5, 0.6) is 5.75 Å². The molecule has 8 nitrogen and oxygen atoms in total. The van der Waals surface area contributed by atoms with Crippen LogP contribution >= 0.6 is 0 Å². The number of benzene rings is 1. The van der Waals surface area contributed by atoms with Gasteiger partial charge in [-0.3, -0.25) is 9.59 Å². The predicted octanol–water partition coefficient (Wildman–Crippen LogP) is 0.990. The summed E-state index contributed by atoms with van der Waals surface area (Å²) in [5.41, 5.74) is 0.733. The molecular weight excluding hydrogens is 350 g/mol. The van der Waals surface area contributed by atoms with E-state index in [1.165, 1.54) is 6.26 Å². The number of piperazine rings is 1. The number of para-hydroxylation sites is 2. The highest BCUT2D eigenvalue weighted by molar-refractivity contribution is 5.92. The Labute approximate surface area is 155 Å². The molecule has 1 aromatic heterocycles. The van der Waals surface area contributed by atoms with Gasteiger partial charge in [0.15, 0.2) is 11.5 Å². The van der Waals surface area contributed by atoms with Crippen LogP contribution in [0.2, 0.25) is 0 Å². The van der Waals surface area contributed by atoms with Gasteiger partial charge in [-0.25, -0.2) is 4.79 Å². The molecule has 1 saturated heterocycles. The van der Waals surface area contributed by atoms with E-state index in [2.05, 4.69) is 0 Å². The maximum absolute atomic E-state index is 12.7. The van der Waals surface area contributed by atoms with Crippen LogP contribution in [-0.4, -0.2) is 66.9 Å². The van der Waals surface area contributed by atoms with E-state index in [-0.39, 0.29) is 30.9 Å². The minimum atomic E-state index is -0.379. The molecule has 1 fully saturated rings. The van der Waals surface area contributed by atoms with E-state index in [1.54, 1.807) is 39.0 Å². The largest absolute Gasteiger partial charge is 0.459 e. The van der Waals surface area contributed by atoms with Crippen molar-refractivity contribution < 1.29 is 23.5 Å². The van der Waals surface area contributed by atoms with Crippen LogP contribution in [0, 0.1) is 0 Å². The van der Waals surface area contributed by atoms with Crippen LogP contribution in [0.4, 0.5) is 5.69 Å². The molecule has 2 aromatic rings. The third-order valence-electron chi connectivity index (χ3n) is 4.73. The Hall–Kier alpha value is -3.29. The van der Waals surface area contributed by atoms with E-state index in [1.807, 2.05) is 12.1 Å². The van der Waals surface area contributed by atoms with Crippen molar-refractivity contribution in [1.82, 2.24) is 9.80 Å². The van der Waals surface area contributed by atoms with Gasteiger partial charge in [0, 0.05) is 26.2 Å². The van der Waals surface area contributed by atoms with Crippen molar-refractivity contribution in [2.75, 3.05) is 44.2 Å². The number of carbonyl (C=O) groups excluding carboxylic acids is 3. The van der Waals surface area contributed by atoms with E-state index >= 15 is 0 Å². The van der Waals surface area contributed by atoms with Crippen LogP contribution in [-0.2, 0) is 9.59 Å². The highest BCUT2D eigenvalue weighted by atomic mass is 16.5. The highest BCUT2D eigenvalue weighted by Gasteiger charge is 2.29. The zero-order chi connectivity index (χ0) is 18.8. The second-order valence-corrected chi connectivity index (χ2v) is 6.45. The van der Waals surface area contributed by atoms with Crippen molar-refractivity contribution in [2.45, 2.75) is 0 Å². The molecule has 0 unspecified atom stereocenters. The van der Waals surface area contributed by atoms with E-state index in [9.17, 15) is 14.4 Å². The lowest BCUT2D eigenvalue weighted by Gasteiger charge is -2.36. The number of fused-ring (bicyclic) bond motifs is 1. The minimum absolute atomic E-state index is 0.0414. The van der Waals surface area contributed by atoms with Gasteiger partial charge in [0.2, 0.25) is 5.91 Å². The summed E-state index contributed by atoms with van der Waals surface area (Å²) in [6.07, 6.45) is 1.47. The van der Waals surface area contributed by atoms with Gasteiger partial charge < -0.3 is 23.9 Å². The molecule has 0 N–H and O–H groups in total. The molecule has 0 bridgehead atoms. The average Bonchev–Trinajstić information content (AvgIpc) is 3.22. The molecule has 140 valence electrons. The number of anilines is 1. The molecule has 2 amide bonds. The van der Waals surface area contributed by atoms with Crippen LogP contribution in [0.25, 0.3) is 0 Å². The number of hydrogen-bond donors (Lipinski definition) is 0. The van der Waals surface area contributed by atoms with Gasteiger partial charge in [0.05, 0.1) is 18.5 Å². The summed E-state index contributed by atoms with van der Waals surface area (Å²) in [6.45, 7) is 1.93. The molecule has 1 aromatic carbocycles. The van der Waals surface area contributed by atoms with Gasteiger partial charge in [-0.05, 0) is 24.3 Å². The molecule has 4 rings (SSSR count). The van der Waals surface area contributed by atoms with Crippen LogP contribution in [0.15, 0.2) is 47.1 Å². The first-order valence-corrected chi connectivity index (χ1v) is 8.77. The third-order valence-corrected chi connectivity index (χ3v) is 4.73. The number of carbonyl (C=O) groups is 3. The Morgan fingerprint density at radius 2 is 1.70 bits per heavy atom. The Kier molecular flexibility index (Phi) is 4.53. The summed E-state index contributed by atoms with van der Waals surface area (Å²) in [7, 11) is 0. The summed E-state index contributed by atoms with van der Waals surface area (Å²) in [5, 5.41) is 0. The topological polar surface area (TPSA) is 83.3 Å². The van der Waals surface area contributed by atoms with Crippen molar-refractivity contribution in [3.8, 4) is 5.75 Å². The fraction of sp³-hybridized carbons (Fsp3) is 0.316. The van der Waals surface area contributed by atoms with Gasteiger partial charge in [-0.2, -0.15) is 0 Å². The maximum Gasteiger partial charge on any atom is 0.331 e. The van der Waals surface area contributed by atoms with Gasteiger partial charge in [0.1, 0.15) is 6.54 Å². The lowest BCUT2D eigenvalue weighted by atomic mass is 10.2. The Bertz CT molecular complexity index is 856. The number of furan rings is 1. The lowest BCUT2D eigenvalue weighted by Crippen LogP contribution is -2.53. The van der Waals surface area contributed by atoms with Gasteiger partial charge in [-0.15, -0.1) is 0 Å². The van der Waals surface area contributed by atoms with Gasteiger partial charge in [-0.1, -0.05) is 12.1 Å². The first kappa shape index (κ1) is 17.1. The van der Waals surface area contributed by atoms with Crippen molar-refractivity contribution in [1.29, 1.82) is 0 Å². The maximum atomic E-state index is 12.7. The zero-order valence-electron chi connectivity index (χ0n) is 14.7. The standard InChI is InChI=1S/C19H19N3O5/c23-17(12-22-13-18(24)27-15-5-2-1-4-14(15)22)20-7-9-21(10-8-20)19(25)16-6-3-11-26-16/h1-6,11H,7-10,12-13H2. The summed E-state index contributed by atoms with van der Waals surface area (Å²) in [5.74, 6) is 0.147. The molecule has 0 atom stereocenters. The molecular formula is C19H19N3O5. The second kappa shape index (κ2) is 7.14. The molecule has 2 aliphatic rings. The lowest BCUT2D eigenvalue weighted by molar-refractivity contribution is -0.134. The molecule has 27 heavy (non-hydrogen) atoms. The Balaban J connectivity index is 1.36. The van der Waals surface area contributed by atoms with Crippen molar-refractivity contribution in [3.05, 3.63) is 48.4 Å². The summed E-state index contributed by atoms with van der Waals surface area (Å²) >= 11 is 0. The predicted molar refractivity (Wildman–Crippen MR) is 95.5 cm³/mol. The van der Waals surface area contributed by atoms with Crippen LogP contribution in [0.1, 0.15) is 10.6 Å². The van der Waals surface area contributed by atoms with Gasteiger partial charge >= 0.3 is 5.97 Å². The Morgan fingerprint density at radius 3 is 2.44 bits per heavy atom. The molecule has 0 saturated carbocycles. The second-order valence-electron chi connectivity index (χ2n) is 6.45. The van der Waals surface area contributed by atoms with E-state index in [4.69, 9.17) is 9.15 Å².